The Bertz CT molecular complexity index is 1280. The lowest BCUT2D eigenvalue weighted by molar-refractivity contribution is 0.0696. The second-order valence-corrected chi connectivity index (χ2v) is 9.90. The van der Waals surface area contributed by atoms with Crippen molar-refractivity contribution in [1.82, 2.24) is 9.97 Å². The van der Waals surface area contributed by atoms with E-state index in [-0.39, 0.29) is 12.2 Å². The van der Waals surface area contributed by atoms with Crippen LogP contribution in [0.4, 0.5) is 0 Å². The van der Waals surface area contributed by atoms with Gasteiger partial charge in [-0.05, 0) is 60.2 Å². The van der Waals surface area contributed by atoms with Gasteiger partial charge in [0.25, 0.3) is 0 Å². The Kier molecular flexibility index (Phi) is 9.27. The first-order chi connectivity index (χ1) is 18.1. The van der Waals surface area contributed by atoms with Crippen LogP contribution in [0.1, 0.15) is 71.9 Å². The van der Waals surface area contributed by atoms with Gasteiger partial charge in [0.1, 0.15) is 29.7 Å². The van der Waals surface area contributed by atoms with E-state index in [4.69, 9.17) is 14.6 Å². The summed E-state index contributed by atoms with van der Waals surface area (Å²) in [5.41, 5.74) is 4.52. The molecule has 0 aliphatic heterocycles. The van der Waals surface area contributed by atoms with E-state index >= 15 is 0 Å². The predicted octanol–water partition coefficient (Wildman–Crippen LogP) is 7.75. The molecule has 0 spiro atoms. The van der Waals surface area contributed by atoms with Crippen LogP contribution in [0.15, 0.2) is 72.4 Å². The molecule has 0 radical (unpaired) electrons. The fourth-order valence-corrected chi connectivity index (χ4v) is 4.93. The summed E-state index contributed by atoms with van der Waals surface area (Å²) in [4.78, 5) is 19.6. The van der Waals surface area contributed by atoms with Crippen LogP contribution in [0.2, 0.25) is 0 Å². The van der Waals surface area contributed by atoms with Gasteiger partial charge < -0.3 is 14.6 Å². The van der Waals surface area contributed by atoms with Gasteiger partial charge in [-0.2, -0.15) is 0 Å². The number of ether oxygens (including phenoxy) is 2. The van der Waals surface area contributed by atoms with Crippen LogP contribution in [-0.4, -0.2) is 21.0 Å². The normalized spacial score (nSPS) is 11.0. The van der Waals surface area contributed by atoms with Gasteiger partial charge in [0.15, 0.2) is 0 Å². The molecule has 0 amide bonds. The van der Waals surface area contributed by atoms with Gasteiger partial charge in [-0.1, -0.05) is 51.0 Å². The summed E-state index contributed by atoms with van der Waals surface area (Å²) in [6, 6.07) is 18.2. The second kappa shape index (κ2) is 13.0. The summed E-state index contributed by atoms with van der Waals surface area (Å²) in [7, 11) is 0. The Hall–Kier alpha value is -3.71. The van der Waals surface area contributed by atoms with Crippen molar-refractivity contribution in [2.75, 3.05) is 0 Å². The maximum absolute atomic E-state index is 11.1. The minimum Gasteiger partial charge on any atom is -0.489 e. The number of benzene rings is 2. The minimum atomic E-state index is -1.04. The molecule has 0 saturated carbocycles. The SMILES string of the molecule is CCCC(CCC)c1ccc(COc2ccc(-c3csc(COc4cncc(C(=O)O)c4)n3)cc2)cc1. The molecule has 0 aliphatic rings. The van der Waals surface area contributed by atoms with Gasteiger partial charge in [-0.3, -0.25) is 4.98 Å². The number of rotatable bonds is 13. The Morgan fingerprint density at radius 3 is 2.30 bits per heavy atom. The molecule has 37 heavy (non-hydrogen) atoms. The first-order valence-electron chi connectivity index (χ1n) is 12.6. The average molecular weight is 517 g/mol. The van der Waals surface area contributed by atoms with Crippen LogP contribution in [0, 0.1) is 0 Å². The summed E-state index contributed by atoms with van der Waals surface area (Å²) in [6.45, 7) is 5.28. The van der Waals surface area contributed by atoms with Gasteiger partial charge in [-0.15, -0.1) is 11.3 Å². The first kappa shape index (κ1) is 26.4. The van der Waals surface area contributed by atoms with Crippen molar-refractivity contribution in [3.8, 4) is 22.8 Å². The molecule has 4 aromatic rings. The Balaban J connectivity index is 1.30. The molecule has 2 heterocycles. The van der Waals surface area contributed by atoms with Crippen molar-refractivity contribution < 1.29 is 19.4 Å². The van der Waals surface area contributed by atoms with E-state index in [1.54, 1.807) is 0 Å². The molecule has 7 heteroatoms. The Morgan fingerprint density at radius 2 is 1.62 bits per heavy atom. The third-order valence-electron chi connectivity index (χ3n) is 6.16. The largest absolute Gasteiger partial charge is 0.489 e. The van der Waals surface area contributed by atoms with E-state index < -0.39 is 5.97 Å². The van der Waals surface area contributed by atoms with E-state index in [9.17, 15) is 4.79 Å². The molecular weight excluding hydrogens is 484 g/mol. The van der Waals surface area contributed by atoms with Crippen molar-refractivity contribution in [3.63, 3.8) is 0 Å². The number of hydrogen-bond donors (Lipinski definition) is 1. The van der Waals surface area contributed by atoms with Gasteiger partial charge in [-0.25, -0.2) is 9.78 Å². The Morgan fingerprint density at radius 1 is 0.919 bits per heavy atom. The maximum atomic E-state index is 11.1. The van der Waals surface area contributed by atoms with Crippen LogP contribution in [0.5, 0.6) is 11.5 Å². The number of nitrogens with zero attached hydrogens (tertiary/aromatic N) is 2. The fraction of sp³-hybridized carbons (Fsp3) is 0.300. The lowest BCUT2D eigenvalue weighted by atomic mass is 9.90. The third-order valence-corrected chi connectivity index (χ3v) is 6.98. The van der Waals surface area contributed by atoms with E-state index in [0.717, 1.165) is 27.6 Å². The highest BCUT2D eigenvalue weighted by molar-refractivity contribution is 7.09. The average Bonchev–Trinajstić information content (AvgIpc) is 3.40. The minimum absolute atomic E-state index is 0.0873. The monoisotopic (exact) mass is 516 g/mol. The third kappa shape index (κ3) is 7.40. The predicted molar refractivity (Wildman–Crippen MR) is 146 cm³/mol. The molecule has 0 atom stereocenters. The molecule has 0 unspecified atom stereocenters. The molecule has 192 valence electrons. The number of carbonyl (C=O) groups is 1. The maximum Gasteiger partial charge on any atom is 0.337 e. The first-order valence-corrected chi connectivity index (χ1v) is 13.5. The standard InChI is InChI=1S/C30H32N2O4S/c1-3-5-22(6-4-2)23-9-7-21(8-10-23)18-35-26-13-11-24(12-14-26)28-20-37-29(32-28)19-36-27-15-25(30(33)34)16-31-17-27/h7-17,20,22H,3-6,18-19H2,1-2H3,(H,33,34). The zero-order valence-corrected chi connectivity index (χ0v) is 22.0. The number of thiazole rings is 1. The molecule has 2 aromatic heterocycles. The molecule has 6 nitrogen and oxygen atoms in total. The molecule has 0 fully saturated rings. The van der Waals surface area contributed by atoms with Crippen molar-refractivity contribution in [3.05, 3.63) is 94.1 Å². The lowest BCUT2D eigenvalue weighted by Crippen LogP contribution is -2.00. The molecule has 2 aromatic carbocycles. The molecule has 1 N–H and O–H groups in total. The smallest absolute Gasteiger partial charge is 0.337 e. The van der Waals surface area contributed by atoms with Crippen molar-refractivity contribution in [2.45, 2.75) is 58.7 Å². The molecule has 0 saturated heterocycles. The number of carboxylic acids is 1. The van der Waals surface area contributed by atoms with Crippen molar-refractivity contribution in [2.24, 2.45) is 0 Å². The quantitative estimate of drug-likeness (QED) is 0.196. The van der Waals surface area contributed by atoms with Crippen LogP contribution in [0.25, 0.3) is 11.3 Å². The summed E-state index contributed by atoms with van der Waals surface area (Å²) in [5, 5.41) is 11.9. The highest BCUT2D eigenvalue weighted by Gasteiger charge is 2.11. The topological polar surface area (TPSA) is 81.5 Å². The number of hydrogen-bond acceptors (Lipinski definition) is 6. The van der Waals surface area contributed by atoms with Gasteiger partial charge in [0, 0.05) is 17.1 Å². The van der Waals surface area contributed by atoms with Crippen LogP contribution in [-0.2, 0) is 13.2 Å². The fourth-order valence-electron chi connectivity index (χ4n) is 4.22. The summed E-state index contributed by atoms with van der Waals surface area (Å²) < 4.78 is 11.7. The van der Waals surface area contributed by atoms with E-state index in [2.05, 4.69) is 48.1 Å². The molecule has 4 rings (SSSR count). The van der Waals surface area contributed by atoms with E-state index in [1.165, 1.54) is 61.0 Å². The lowest BCUT2D eigenvalue weighted by Gasteiger charge is -2.16. The van der Waals surface area contributed by atoms with Crippen molar-refractivity contribution in [1.29, 1.82) is 0 Å². The summed E-state index contributed by atoms with van der Waals surface area (Å²) >= 11 is 1.49. The van der Waals surface area contributed by atoms with Crippen molar-refractivity contribution >= 4 is 17.3 Å². The highest BCUT2D eigenvalue weighted by atomic mass is 32.1. The number of carboxylic acid groups (broad SMARTS) is 1. The summed E-state index contributed by atoms with van der Waals surface area (Å²) in [6.07, 6.45) is 7.68. The number of aromatic carboxylic acids is 1. The second-order valence-electron chi connectivity index (χ2n) is 8.96. The molecule has 0 bridgehead atoms. The van der Waals surface area contributed by atoms with E-state index in [1.807, 2.05) is 29.6 Å². The van der Waals surface area contributed by atoms with Gasteiger partial charge in [0.05, 0.1) is 17.5 Å². The highest BCUT2D eigenvalue weighted by Crippen LogP contribution is 2.28. The van der Waals surface area contributed by atoms with Gasteiger partial charge in [0.2, 0.25) is 0 Å². The van der Waals surface area contributed by atoms with Gasteiger partial charge >= 0.3 is 5.97 Å². The van der Waals surface area contributed by atoms with Crippen LogP contribution < -0.4 is 9.47 Å². The van der Waals surface area contributed by atoms with Crippen LogP contribution in [0.3, 0.4) is 0 Å². The van der Waals surface area contributed by atoms with Crippen LogP contribution >= 0.6 is 11.3 Å². The number of pyridine rings is 1. The Labute approximate surface area is 222 Å². The summed E-state index contributed by atoms with van der Waals surface area (Å²) in [5.74, 6) is 0.819. The molecule has 0 aliphatic carbocycles. The zero-order chi connectivity index (χ0) is 26.0. The van der Waals surface area contributed by atoms with E-state index in [0.29, 0.717) is 18.3 Å². The number of aromatic nitrogens is 2. The molecular formula is C30H32N2O4S. The zero-order valence-electron chi connectivity index (χ0n) is 21.2.